The fourth-order valence-corrected chi connectivity index (χ4v) is 5.98. The van der Waals surface area contributed by atoms with Crippen molar-refractivity contribution in [3.05, 3.63) is 48.0 Å². The minimum absolute atomic E-state index is 0.0188. The first-order valence-corrected chi connectivity index (χ1v) is 16.0. The predicted octanol–water partition coefficient (Wildman–Crippen LogP) is 4.03. The third-order valence-corrected chi connectivity index (χ3v) is 8.42. The Morgan fingerprint density at radius 3 is 2.44 bits per heavy atom. The smallest absolute Gasteiger partial charge is 0.422 e. The maximum Gasteiger partial charge on any atom is 0.422 e. The average Bonchev–Trinajstić information content (AvgIpc) is 3.45. The summed E-state index contributed by atoms with van der Waals surface area (Å²) in [5.41, 5.74) is 0.899. The summed E-state index contributed by atoms with van der Waals surface area (Å²) in [5, 5.41) is 24.3. The molecule has 2 aromatic rings. The molecule has 3 rings (SSSR count). The summed E-state index contributed by atoms with van der Waals surface area (Å²) in [7, 11) is -4.30. The molecule has 0 saturated carbocycles. The highest BCUT2D eigenvalue weighted by molar-refractivity contribution is 7.89. The van der Waals surface area contributed by atoms with Crippen molar-refractivity contribution in [2.45, 2.75) is 70.3 Å². The van der Waals surface area contributed by atoms with Crippen LogP contribution in [-0.4, -0.2) is 79.2 Å². The lowest BCUT2D eigenvalue weighted by Crippen LogP contribution is -2.53. The Labute approximate surface area is 253 Å². The molecule has 43 heavy (non-hydrogen) atoms. The number of sulfonamides is 1. The van der Waals surface area contributed by atoms with E-state index < -0.39 is 28.8 Å². The topological polar surface area (TPSA) is 155 Å². The van der Waals surface area contributed by atoms with Crippen molar-refractivity contribution in [3.8, 4) is 17.2 Å². The van der Waals surface area contributed by atoms with Gasteiger partial charge < -0.3 is 29.7 Å². The van der Waals surface area contributed by atoms with Crippen molar-refractivity contribution >= 4 is 22.0 Å². The normalized spacial score (nSPS) is 13.3. The van der Waals surface area contributed by atoms with Crippen LogP contribution in [0.1, 0.15) is 58.4 Å². The van der Waals surface area contributed by atoms with E-state index >= 15 is 0 Å². The molecular formula is C30H43N3O9S. The molecule has 0 aromatic heterocycles. The number of carbonyl (C=O) groups is 2. The number of amides is 2. The molecular weight excluding hydrogens is 578 g/mol. The first-order chi connectivity index (χ1) is 20.5. The Morgan fingerprint density at radius 2 is 1.77 bits per heavy atom. The number of carbonyl (C=O) groups excluding carboxylic acids is 1. The molecule has 12 nitrogen and oxygen atoms in total. The highest BCUT2D eigenvalue weighted by Crippen LogP contribution is 2.35. The van der Waals surface area contributed by atoms with Crippen LogP contribution in [0, 0.1) is 5.92 Å². The Kier molecular flexibility index (Phi) is 12.9. The van der Waals surface area contributed by atoms with Gasteiger partial charge in [0.2, 0.25) is 12.7 Å². The number of nitrogens with zero attached hydrogens (tertiary/aromatic N) is 2. The molecule has 0 aliphatic carbocycles. The molecule has 1 unspecified atom stereocenters. The van der Waals surface area contributed by atoms with Crippen LogP contribution >= 0.6 is 0 Å². The van der Waals surface area contributed by atoms with Crippen LogP contribution in [0.2, 0.25) is 0 Å². The van der Waals surface area contributed by atoms with Gasteiger partial charge in [0, 0.05) is 25.6 Å². The summed E-state index contributed by atoms with van der Waals surface area (Å²) in [6.07, 6.45) is 1.02. The van der Waals surface area contributed by atoms with E-state index in [1.165, 1.54) is 18.2 Å². The number of aliphatic hydroxyl groups is 1. The number of hydrazine groups is 1. The molecule has 3 N–H and O–H groups in total. The minimum Gasteiger partial charge on any atom is -0.494 e. The van der Waals surface area contributed by atoms with Crippen LogP contribution in [0.25, 0.3) is 0 Å². The highest BCUT2D eigenvalue weighted by atomic mass is 32.2. The Bertz CT molecular complexity index is 1300. The first-order valence-electron chi connectivity index (χ1n) is 14.6. The van der Waals surface area contributed by atoms with Crippen LogP contribution in [0.15, 0.2) is 47.4 Å². The van der Waals surface area contributed by atoms with E-state index in [9.17, 15) is 28.2 Å². The van der Waals surface area contributed by atoms with Gasteiger partial charge in [0.15, 0.2) is 11.5 Å². The predicted molar refractivity (Wildman–Crippen MR) is 159 cm³/mol. The monoisotopic (exact) mass is 621 g/mol. The summed E-state index contributed by atoms with van der Waals surface area (Å²) in [4.78, 5) is 23.9. The summed E-state index contributed by atoms with van der Waals surface area (Å²) in [5.74, 6) is 1.14. The summed E-state index contributed by atoms with van der Waals surface area (Å²) >= 11 is 0. The van der Waals surface area contributed by atoms with Crippen molar-refractivity contribution in [2.75, 3.05) is 33.0 Å². The molecule has 238 valence electrons. The number of rotatable bonds is 18. The summed E-state index contributed by atoms with van der Waals surface area (Å²) in [6.45, 7) is 6.15. The van der Waals surface area contributed by atoms with Gasteiger partial charge in [-0.2, -0.15) is 0 Å². The van der Waals surface area contributed by atoms with Gasteiger partial charge in [-0.3, -0.25) is 4.79 Å². The van der Waals surface area contributed by atoms with Gasteiger partial charge in [-0.1, -0.05) is 39.3 Å². The van der Waals surface area contributed by atoms with Crippen molar-refractivity contribution in [1.82, 2.24) is 14.7 Å². The molecule has 2 amide bonds. The standard InChI is InChI=1S/C30H43N3O9S/c1-4-5-16-31-29(35)7-6-17-40-25-12-9-23(10-13-25)8-11-24(34)20-32(30(36)37)33(19-22(2)3)43(38,39)26-14-15-27-28(18-26)42-21-41-27/h9-10,12-15,18,22,24,34H,4-8,11,16-17,19-21H2,1-3H3,(H,31,35)(H,36,37). The van der Waals surface area contributed by atoms with Crippen molar-refractivity contribution in [3.63, 3.8) is 0 Å². The van der Waals surface area contributed by atoms with E-state index in [0.29, 0.717) is 48.9 Å². The molecule has 0 spiro atoms. The fraction of sp³-hybridized carbons (Fsp3) is 0.533. The van der Waals surface area contributed by atoms with Gasteiger partial charge in [0.05, 0.1) is 24.2 Å². The van der Waals surface area contributed by atoms with Crippen molar-refractivity contribution in [2.24, 2.45) is 5.92 Å². The molecule has 0 radical (unpaired) electrons. The molecule has 0 bridgehead atoms. The highest BCUT2D eigenvalue weighted by Gasteiger charge is 2.35. The molecule has 1 heterocycles. The molecule has 1 aliphatic heterocycles. The lowest BCUT2D eigenvalue weighted by atomic mass is 10.1. The quantitative estimate of drug-likeness (QED) is 0.165. The Balaban J connectivity index is 1.55. The molecule has 2 aromatic carbocycles. The van der Waals surface area contributed by atoms with E-state index in [4.69, 9.17) is 14.2 Å². The van der Waals surface area contributed by atoms with Crippen LogP contribution < -0.4 is 19.5 Å². The number of unbranched alkanes of at least 4 members (excludes halogenated alkanes) is 1. The van der Waals surface area contributed by atoms with Crippen LogP contribution in [-0.2, 0) is 21.2 Å². The largest absolute Gasteiger partial charge is 0.494 e. The summed E-state index contributed by atoms with van der Waals surface area (Å²) < 4.78 is 44.3. The fourth-order valence-electron chi connectivity index (χ4n) is 4.35. The molecule has 13 heteroatoms. The first kappa shape index (κ1) is 33.9. The van der Waals surface area contributed by atoms with E-state index in [1.807, 2.05) is 12.1 Å². The van der Waals surface area contributed by atoms with Gasteiger partial charge in [0.25, 0.3) is 10.0 Å². The number of aryl methyl sites for hydroxylation is 1. The number of fused-ring (bicyclic) bond motifs is 1. The number of carboxylic acid groups (broad SMARTS) is 1. The number of hydrogen-bond acceptors (Lipinski definition) is 8. The molecule has 0 saturated heterocycles. The van der Waals surface area contributed by atoms with E-state index in [0.717, 1.165) is 22.8 Å². The third kappa shape index (κ3) is 10.3. The second kappa shape index (κ2) is 16.3. The van der Waals surface area contributed by atoms with Crippen LogP contribution in [0.4, 0.5) is 4.79 Å². The van der Waals surface area contributed by atoms with Crippen LogP contribution in [0.3, 0.4) is 0 Å². The van der Waals surface area contributed by atoms with Crippen molar-refractivity contribution < 1.29 is 42.4 Å². The molecule has 0 fully saturated rings. The van der Waals surface area contributed by atoms with Gasteiger partial charge >= 0.3 is 6.09 Å². The lowest BCUT2D eigenvalue weighted by molar-refractivity contribution is -0.121. The second-order valence-electron chi connectivity index (χ2n) is 10.8. The third-order valence-electron chi connectivity index (χ3n) is 6.67. The Morgan fingerprint density at radius 1 is 1.05 bits per heavy atom. The van der Waals surface area contributed by atoms with E-state index in [2.05, 4.69) is 12.2 Å². The number of hydrogen-bond donors (Lipinski definition) is 3. The van der Waals surface area contributed by atoms with Gasteiger partial charge in [0.1, 0.15) is 5.75 Å². The number of benzene rings is 2. The van der Waals surface area contributed by atoms with Gasteiger partial charge in [-0.05, 0) is 61.4 Å². The molecule has 1 atom stereocenters. The number of ether oxygens (including phenoxy) is 3. The van der Waals surface area contributed by atoms with Crippen molar-refractivity contribution in [1.29, 1.82) is 0 Å². The lowest BCUT2D eigenvalue weighted by Gasteiger charge is -2.34. The zero-order chi connectivity index (χ0) is 31.4. The maximum atomic E-state index is 13.6. The number of aliphatic hydroxyl groups excluding tert-OH is 1. The average molecular weight is 622 g/mol. The zero-order valence-electron chi connectivity index (χ0n) is 25.0. The minimum atomic E-state index is -4.30. The number of nitrogens with one attached hydrogen (secondary N) is 1. The maximum absolute atomic E-state index is 13.6. The van der Waals surface area contributed by atoms with Gasteiger partial charge in [-0.25, -0.2) is 18.2 Å². The molecule has 1 aliphatic rings. The Hall–Kier alpha value is -3.55. The SMILES string of the molecule is CCCCNC(=O)CCCOc1ccc(CCC(O)CN(C(=O)O)N(CC(C)C)S(=O)(=O)c2ccc3c(c2)OCO3)cc1. The van der Waals surface area contributed by atoms with E-state index in [-0.39, 0.29) is 42.2 Å². The zero-order valence-corrected chi connectivity index (χ0v) is 25.8. The van der Waals surface area contributed by atoms with Crippen LogP contribution in [0.5, 0.6) is 17.2 Å². The second-order valence-corrected chi connectivity index (χ2v) is 12.6. The van der Waals surface area contributed by atoms with E-state index in [1.54, 1.807) is 26.0 Å². The van der Waals surface area contributed by atoms with Gasteiger partial charge in [-0.15, -0.1) is 4.41 Å². The summed E-state index contributed by atoms with van der Waals surface area (Å²) in [6, 6.07) is 11.4.